The molecule has 1 unspecified atom stereocenters. The van der Waals surface area contributed by atoms with Crippen LogP contribution in [-0.4, -0.2) is 45.8 Å². The zero-order valence-corrected chi connectivity index (χ0v) is 17.4. The molecule has 0 aliphatic carbocycles. The number of amides is 1. The molecule has 0 spiro atoms. The third-order valence-corrected chi connectivity index (χ3v) is 6.17. The van der Waals surface area contributed by atoms with Gasteiger partial charge >= 0.3 is 0 Å². The molecule has 1 atom stereocenters. The molecular weight excluding hydrogens is 384 g/mol. The topological polar surface area (TPSA) is 68.5 Å². The van der Waals surface area contributed by atoms with Crippen molar-refractivity contribution in [3.05, 3.63) is 48.5 Å². The number of benzene rings is 2. The SMILES string of the molecule is CCC(Sc1nc2ccccc2c2nc3ccccc3n12)C(=O)NCCCOC. The highest BCUT2D eigenvalue weighted by atomic mass is 32.2. The molecule has 0 bridgehead atoms. The number of nitrogens with zero attached hydrogens (tertiary/aromatic N) is 3. The molecule has 1 N–H and O–H groups in total. The predicted molar refractivity (Wildman–Crippen MR) is 117 cm³/mol. The first kappa shape index (κ1) is 19.7. The number of carbonyl (C=O) groups is 1. The lowest BCUT2D eigenvalue weighted by Crippen LogP contribution is -2.33. The van der Waals surface area contributed by atoms with Crippen LogP contribution in [0.5, 0.6) is 0 Å². The predicted octanol–water partition coefficient (Wildman–Crippen LogP) is 4.06. The van der Waals surface area contributed by atoms with Crippen molar-refractivity contribution < 1.29 is 9.53 Å². The van der Waals surface area contributed by atoms with E-state index in [4.69, 9.17) is 14.7 Å². The highest BCUT2D eigenvalue weighted by Gasteiger charge is 2.22. The number of hydrogen-bond donors (Lipinski definition) is 1. The van der Waals surface area contributed by atoms with Gasteiger partial charge in [0.05, 0.1) is 21.8 Å². The number of hydrogen-bond acceptors (Lipinski definition) is 5. The van der Waals surface area contributed by atoms with E-state index in [1.807, 2.05) is 55.5 Å². The van der Waals surface area contributed by atoms with Gasteiger partial charge in [-0.25, -0.2) is 9.97 Å². The van der Waals surface area contributed by atoms with Gasteiger partial charge in [-0.15, -0.1) is 0 Å². The molecule has 2 heterocycles. The van der Waals surface area contributed by atoms with Crippen molar-refractivity contribution in [2.75, 3.05) is 20.3 Å². The number of fused-ring (bicyclic) bond motifs is 5. The molecule has 0 aliphatic heterocycles. The van der Waals surface area contributed by atoms with E-state index >= 15 is 0 Å². The van der Waals surface area contributed by atoms with Crippen molar-refractivity contribution in [3.63, 3.8) is 0 Å². The van der Waals surface area contributed by atoms with Crippen LogP contribution in [0.15, 0.2) is 53.7 Å². The van der Waals surface area contributed by atoms with Gasteiger partial charge in [-0.2, -0.15) is 0 Å². The molecule has 7 heteroatoms. The first-order chi connectivity index (χ1) is 14.2. The Morgan fingerprint density at radius 3 is 2.69 bits per heavy atom. The normalized spacial score (nSPS) is 12.6. The molecule has 2 aromatic carbocycles. The van der Waals surface area contributed by atoms with E-state index < -0.39 is 0 Å². The number of carbonyl (C=O) groups excluding carboxylic acids is 1. The van der Waals surface area contributed by atoms with Crippen molar-refractivity contribution in [2.45, 2.75) is 30.2 Å². The van der Waals surface area contributed by atoms with Crippen molar-refractivity contribution >= 4 is 45.3 Å². The van der Waals surface area contributed by atoms with E-state index in [-0.39, 0.29) is 11.2 Å². The monoisotopic (exact) mass is 408 g/mol. The van der Waals surface area contributed by atoms with Crippen molar-refractivity contribution in [3.8, 4) is 0 Å². The lowest BCUT2D eigenvalue weighted by atomic mass is 10.2. The molecule has 0 aliphatic rings. The van der Waals surface area contributed by atoms with Gasteiger partial charge in [-0.1, -0.05) is 43.0 Å². The highest BCUT2D eigenvalue weighted by molar-refractivity contribution is 8.00. The van der Waals surface area contributed by atoms with Gasteiger partial charge < -0.3 is 10.1 Å². The van der Waals surface area contributed by atoms with Crippen molar-refractivity contribution in [2.24, 2.45) is 0 Å². The number of thioether (sulfide) groups is 1. The molecule has 29 heavy (non-hydrogen) atoms. The fourth-order valence-corrected chi connectivity index (χ4v) is 4.44. The molecular formula is C22H24N4O2S. The standard InChI is InChI=1S/C22H24N4O2S/c1-3-19(21(27)23-13-8-14-28-2)29-22-25-16-10-5-4-9-15(16)20-24-17-11-6-7-12-18(17)26(20)22/h4-7,9-12,19H,3,8,13-14H2,1-2H3,(H,23,27). The number of methoxy groups -OCH3 is 1. The summed E-state index contributed by atoms with van der Waals surface area (Å²) >= 11 is 1.49. The van der Waals surface area contributed by atoms with E-state index in [0.29, 0.717) is 19.6 Å². The molecule has 150 valence electrons. The van der Waals surface area contributed by atoms with Crippen LogP contribution in [0.25, 0.3) is 27.6 Å². The molecule has 4 aromatic rings. The molecule has 0 radical (unpaired) electrons. The Labute approximate surface area is 173 Å². The first-order valence-corrected chi connectivity index (χ1v) is 10.7. The fourth-order valence-electron chi connectivity index (χ4n) is 3.38. The van der Waals surface area contributed by atoms with E-state index in [0.717, 1.165) is 39.2 Å². The Morgan fingerprint density at radius 2 is 1.90 bits per heavy atom. The van der Waals surface area contributed by atoms with Gasteiger partial charge in [0.25, 0.3) is 0 Å². The Balaban J connectivity index is 1.74. The highest BCUT2D eigenvalue weighted by Crippen LogP contribution is 2.31. The average molecular weight is 409 g/mol. The summed E-state index contributed by atoms with van der Waals surface area (Å²) < 4.78 is 7.12. The molecule has 0 fully saturated rings. The second kappa shape index (κ2) is 8.80. The van der Waals surface area contributed by atoms with Gasteiger partial charge in [0.2, 0.25) is 5.91 Å². The summed E-state index contributed by atoms with van der Waals surface area (Å²) in [6.07, 6.45) is 1.51. The quantitative estimate of drug-likeness (QED) is 0.271. The van der Waals surface area contributed by atoms with Crippen LogP contribution < -0.4 is 5.32 Å². The van der Waals surface area contributed by atoms with E-state index in [1.165, 1.54) is 11.8 Å². The largest absolute Gasteiger partial charge is 0.385 e. The van der Waals surface area contributed by atoms with E-state index in [1.54, 1.807) is 7.11 Å². The van der Waals surface area contributed by atoms with Crippen LogP contribution in [0, 0.1) is 0 Å². The van der Waals surface area contributed by atoms with Gasteiger partial charge in [0.1, 0.15) is 5.65 Å². The van der Waals surface area contributed by atoms with Crippen LogP contribution in [0.3, 0.4) is 0 Å². The Kier molecular flexibility index (Phi) is 5.97. The molecule has 1 amide bonds. The Morgan fingerprint density at radius 1 is 1.14 bits per heavy atom. The number of nitrogens with one attached hydrogen (secondary N) is 1. The molecule has 2 aromatic heterocycles. The van der Waals surface area contributed by atoms with Crippen LogP contribution in [0.2, 0.25) is 0 Å². The zero-order valence-electron chi connectivity index (χ0n) is 16.6. The maximum absolute atomic E-state index is 12.7. The zero-order chi connectivity index (χ0) is 20.2. The minimum atomic E-state index is -0.226. The summed E-state index contributed by atoms with van der Waals surface area (Å²) in [7, 11) is 1.67. The summed E-state index contributed by atoms with van der Waals surface area (Å²) in [5.74, 6) is 0.0288. The first-order valence-electron chi connectivity index (χ1n) is 9.82. The molecule has 4 rings (SSSR count). The lowest BCUT2D eigenvalue weighted by Gasteiger charge is -2.16. The molecule has 0 saturated carbocycles. The van der Waals surface area contributed by atoms with Crippen LogP contribution >= 0.6 is 11.8 Å². The maximum atomic E-state index is 12.7. The maximum Gasteiger partial charge on any atom is 0.233 e. The lowest BCUT2D eigenvalue weighted by molar-refractivity contribution is -0.120. The smallest absolute Gasteiger partial charge is 0.233 e. The summed E-state index contributed by atoms with van der Waals surface area (Å²) in [6.45, 7) is 3.27. The minimum absolute atomic E-state index is 0.0288. The van der Waals surface area contributed by atoms with Crippen LogP contribution in [0.1, 0.15) is 19.8 Å². The number of rotatable bonds is 8. The van der Waals surface area contributed by atoms with Gasteiger partial charge in [-0.05, 0) is 37.1 Å². The van der Waals surface area contributed by atoms with Gasteiger partial charge in [-0.3, -0.25) is 9.20 Å². The third kappa shape index (κ3) is 3.93. The summed E-state index contributed by atoms with van der Waals surface area (Å²) in [5, 5.41) is 4.57. The van der Waals surface area contributed by atoms with Crippen LogP contribution in [-0.2, 0) is 9.53 Å². The third-order valence-electron chi connectivity index (χ3n) is 4.85. The van der Waals surface area contributed by atoms with Gasteiger partial charge in [0, 0.05) is 25.6 Å². The number of imidazole rings is 1. The second-order valence-electron chi connectivity index (χ2n) is 6.82. The number of aromatic nitrogens is 3. The van der Waals surface area contributed by atoms with E-state index in [9.17, 15) is 4.79 Å². The summed E-state index contributed by atoms with van der Waals surface area (Å²) in [5.41, 5.74) is 3.67. The van der Waals surface area contributed by atoms with Crippen molar-refractivity contribution in [1.82, 2.24) is 19.7 Å². The number of ether oxygens (including phenoxy) is 1. The van der Waals surface area contributed by atoms with Gasteiger partial charge in [0.15, 0.2) is 5.16 Å². The summed E-state index contributed by atoms with van der Waals surface area (Å²) in [6, 6.07) is 16.0. The average Bonchev–Trinajstić information content (AvgIpc) is 3.15. The van der Waals surface area contributed by atoms with Crippen molar-refractivity contribution in [1.29, 1.82) is 0 Å². The molecule has 6 nitrogen and oxygen atoms in total. The Hall–Kier alpha value is -2.64. The minimum Gasteiger partial charge on any atom is -0.385 e. The van der Waals surface area contributed by atoms with Crippen LogP contribution in [0.4, 0.5) is 0 Å². The Bertz CT molecular complexity index is 1160. The summed E-state index contributed by atoms with van der Waals surface area (Å²) in [4.78, 5) is 22.5. The number of para-hydroxylation sites is 3. The second-order valence-corrected chi connectivity index (χ2v) is 7.99. The van der Waals surface area contributed by atoms with E-state index in [2.05, 4.69) is 9.72 Å². The molecule has 0 saturated heterocycles. The fraction of sp³-hybridized carbons (Fsp3) is 0.318.